The van der Waals surface area contributed by atoms with Crippen LogP contribution >= 0.6 is 0 Å². The summed E-state index contributed by atoms with van der Waals surface area (Å²) >= 11 is 0. The predicted molar refractivity (Wildman–Crippen MR) is 71.6 cm³/mol. The van der Waals surface area contributed by atoms with E-state index in [9.17, 15) is 22.8 Å². The first kappa shape index (κ1) is 18.0. The van der Waals surface area contributed by atoms with E-state index in [2.05, 4.69) is 0 Å². The van der Waals surface area contributed by atoms with Gasteiger partial charge in [0.05, 0.1) is 12.3 Å². The normalized spacial score (nSPS) is 12.8. The van der Waals surface area contributed by atoms with Crippen molar-refractivity contribution >= 4 is 11.9 Å². The van der Waals surface area contributed by atoms with Gasteiger partial charge in [0.1, 0.15) is 11.4 Å². The van der Waals surface area contributed by atoms with E-state index in [4.69, 9.17) is 9.84 Å². The topological polar surface area (TPSA) is 63.6 Å². The summed E-state index contributed by atoms with van der Waals surface area (Å²) in [4.78, 5) is 22.8. The van der Waals surface area contributed by atoms with Crippen molar-refractivity contribution in [1.82, 2.24) is 0 Å². The molecule has 0 aliphatic carbocycles. The molecule has 22 heavy (non-hydrogen) atoms. The lowest BCUT2D eigenvalue weighted by atomic mass is 9.95. The van der Waals surface area contributed by atoms with Gasteiger partial charge in [0.2, 0.25) is 0 Å². The molecule has 0 heterocycles. The third-order valence-electron chi connectivity index (χ3n) is 2.77. The Morgan fingerprint density at radius 2 is 1.73 bits per heavy atom. The van der Waals surface area contributed by atoms with Crippen LogP contribution in [-0.2, 0) is 20.7 Å². The number of carbonyl (C=O) groups excluding carboxylic acids is 1. The van der Waals surface area contributed by atoms with Crippen LogP contribution in [0.15, 0.2) is 12.1 Å². The van der Waals surface area contributed by atoms with E-state index in [1.165, 1.54) is 0 Å². The quantitative estimate of drug-likeness (QED) is 0.669. The average molecular weight is 318 g/mol. The van der Waals surface area contributed by atoms with Gasteiger partial charge in [-0.3, -0.25) is 9.59 Å². The van der Waals surface area contributed by atoms with Crippen LogP contribution in [0.5, 0.6) is 0 Å². The molecule has 1 aromatic carbocycles. The molecule has 0 fully saturated rings. The molecule has 0 aliphatic rings. The molecule has 1 rings (SSSR count). The SMILES string of the molecule is CC(C)(C)OC(=O)C[C@@H](Cc1c(F)ccc(F)c1F)C(=O)O. The highest BCUT2D eigenvalue weighted by Crippen LogP contribution is 2.22. The van der Waals surface area contributed by atoms with Crippen LogP contribution in [0.25, 0.3) is 0 Å². The Balaban J connectivity index is 2.93. The fourth-order valence-electron chi connectivity index (χ4n) is 1.83. The van der Waals surface area contributed by atoms with Crippen LogP contribution in [-0.4, -0.2) is 22.6 Å². The Morgan fingerprint density at radius 3 is 2.23 bits per heavy atom. The third kappa shape index (κ3) is 5.05. The lowest BCUT2D eigenvalue weighted by Crippen LogP contribution is -2.28. The number of rotatable bonds is 5. The van der Waals surface area contributed by atoms with Crippen molar-refractivity contribution in [3.63, 3.8) is 0 Å². The first-order valence-electron chi connectivity index (χ1n) is 6.58. The first-order valence-corrected chi connectivity index (χ1v) is 6.58. The van der Waals surface area contributed by atoms with E-state index in [1.54, 1.807) is 20.8 Å². The van der Waals surface area contributed by atoms with Crippen LogP contribution < -0.4 is 0 Å². The molecule has 0 bridgehead atoms. The highest BCUT2D eigenvalue weighted by molar-refractivity contribution is 5.79. The molecule has 4 nitrogen and oxygen atoms in total. The minimum absolute atomic E-state index is 0.567. The number of benzene rings is 1. The first-order chi connectivity index (χ1) is 10.0. The summed E-state index contributed by atoms with van der Waals surface area (Å²) in [5, 5.41) is 9.09. The number of hydrogen-bond donors (Lipinski definition) is 1. The summed E-state index contributed by atoms with van der Waals surface area (Å²) in [6, 6.07) is 1.32. The molecule has 0 saturated carbocycles. The summed E-state index contributed by atoms with van der Waals surface area (Å²) in [7, 11) is 0. The summed E-state index contributed by atoms with van der Waals surface area (Å²) in [5.41, 5.74) is -1.51. The second kappa shape index (κ2) is 6.81. The minimum atomic E-state index is -1.45. The van der Waals surface area contributed by atoms with E-state index in [0.717, 1.165) is 0 Å². The number of aliphatic carboxylic acids is 1. The van der Waals surface area contributed by atoms with E-state index >= 15 is 0 Å². The van der Waals surface area contributed by atoms with Gasteiger partial charge in [-0.15, -0.1) is 0 Å². The Morgan fingerprint density at radius 1 is 1.18 bits per heavy atom. The number of hydrogen-bond acceptors (Lipinski definition) is 3. The Hall–Kier alpha value is -2.05. The zero-order valence-corrected chi connectivity index (χ0v) is 12.5. The molecule has 0 saturated heterocycles. The van der Waals surface area contributed by atoms with Crippen LogP contribution in [0.1, 0.15) is 32.8 Å². The van der Waals surface area contributed by atoms with E-state index < -0.39 is 59.3 Å². The number of halogens is 3. The van der Waals surface area contributed by atoms with E-state index in [-0.39, 0.29) is 0 Å². The smallest absolute Gasteiger partial charge is 0.307 e. The van der Waals surface area contributed by atoms with Crippen LogP contribution in [0.2, 0.25) is 0 Å². The molecule has 0 unspecified atom stereocenters. The summed E-state index contributed by atoms with van der Waals surface area (Å²) < 4.78 is 45.2. The Bertz CT molecular complexity index is 579. The van der Waals surface area contributed by atoms with Crippen LogP contribution in [0.3, 0.4) is 0 Å². The van der Waals surface area contributed by atoms with Gasteiger partial charge in [-0.25, -0.2) is 13.2 Å². The molecular formula is C15H17F3O4. The van der Waals surface area contributed by atoms with Crippen molar-refractivity contribution in [2.75, 3.05) is 0 Å². The molecule has 122 valence electrons. The summed E-state index contributed by atoms with van der Waals surface area (Å²) in [6.45, 7) is 4.81. The zero-order valence-electron chi connectivity index (χ0n) is 12.5. The summed E-state index contributed by atoms with van der Waals surface area (Å²) in [5.74, 6) is -7.44. The van der Waals surface area contributed by atoms with Gasteiger partial charge in [-0.2, -0.15) is 0 Å². The second-order valence-corrected chi connectivity index (χ2v) is 5.85. The molecule has 7 heteroatoms. The standard InChI is InChI=1S/C15H17F3O4/c1-15(2,3)22-12(19)7-8(14(20)21)6-9-10(16)4-5-11(17)13(9)18/h4-5,8H,6-7H2,1-3H3,(H,20,21)/t8-/m1/s1. The average Bonchev–Trinajstić information content (AvgIpc) is 2.35. The maximum absolute atomic E-state index is 13.6. The molecule has 0 aromatic heterocycles. The maximum Gasteiger partial charge on any atom is 0.307 e. The number of carbonyl (C=O) groups is 2. The van der Waals surface area contributed by atoms with Crippen molar-refractivity contribution in [2.24, 2.45) is 5.92 Å². The van der Waals surface area contributed by atoms with Gasteiger partial charge < -0.3 is 9.84 Å². The van der Waals surface area contributed by atoms with E-state index in [0.29, 0.717) is 12.1 Å². The predicted octanol–water partition coefficient (Wildman–Crippen LogP) is 3.08. The Labute approximate surface area is 125 Å². The van der Waals surface area contributed by atoms with Gasteiger partial charge in [0.15, 0.2) is 11.6 Å². The highest BCUT2D eigenvalue weighted by atomic mass is 19.2. The molecule has 0 spiro atoms. The third-order valence-corrected chi connectivity index (χ3v) is 2.77. The second-order valence-electron chi connectivity index (χ2n) is 5.85. The zero-order chi connectivity index (χ0) is 17.1. The maximum atomic E-state index is 13.6. The molecule has 1 atom stereocenters. The van der Waals surface area contributed by atoms with Gasteiger partial charge in [0, 0.05) is 5.56 Å². The van der Waals surface area contributed by atoms with E-state index in [1.807, 2.05) is 0 Å². The molecule has 1 aromatic rings. The lowest BCUT2D eigenvalue weighted by molar-refractivity contribution is -0.159. The van der Waals surface area contributed by atoms with Crippen molar-refractivity contribution in [3.05, 3.63) is 35.1 Å². The molecule has 0 aliphatic heterocycles. The molecule has 1 N–H and O–H groups in total. The van der Waals surface area contributed by atoms with Crippen molar-refractivity contribution < 1.29 is 32.6 Å². The molecular weight excluding hydrogens is 301 g/mol. The largest absolute Gasteiger partial charge is 0.481 e. The number of esters is 1. The van der Waals surface area contributed by atoms with Crippen LogP contribution in [0.4, 0.5) is 13.2 Å². The minimum Gasteiger partial charge on any atom is -0.481 e. The van der Waals surface area contributed by atoms with Gasteiger partial charge >= 0.3 is 11.9 Å². The molecule has 0 radical (unpaired) electrons. The number of carboxylic acids is 1. The highest BCUT2D eigenvalue weighted by Gasteiger charge is 2.28. The van der Waals surface area contributed by atoms with Crippen molar-refractivity contribution in [2.45, 2.75) is 39.2 Å². The number of ether oxygens (including phenoxy) is 1. The monoisotopic (exact) mass is 318 g/mol. The van der Waals surface area contributed by atoms with Crippen molar-refractivity contribution in [1.29, 1.82) is 0 Å². The number of carboxylic acid groups (broad SMARTS) is 1. The van der Waals surface area contributed by atoms with Gasteiger partial charge in [0.25, 0.3) is 0 Å². The molecule has 0 amide bonds. The van der Waals surface area contributed by atoms with Crippen LogP contribution in [0, 0.1) is 23.4 Å². The summed E-state index contributed by atoms with van der Waals surface area (Å²) in [6.07, 6.45) is -1.22. The Kier molecular flexibility index (Phi) is 5.57. The van der Waals surface area contributed by atoms with Crippen molar-refractivity contribution in [3.8, 4) is 0 Å². The lowest BCUT2D eigenvalue weighted by Gasteiger charge is -2.21. The van der Waals surface area contributed by atoms with Gasteiger partial charge in [-0.1, -0.05) is 0 Å². The van der Waals surface area contributed by atoms with Gasteiger partial charge in [-0.05, 0) is 39.3 Å². The fraction of sp³-hybridized carbons (Fsp3) is 0.467. The fourth-order valence-corrected chi connectivity index (χ4v) is 1.83.